The Balaban J connectivity index is 2.53. The highest BCUT2D eigenvalue weighted by atomic mass is 16.4. The maximum absolute atomic E-state index is 11.8. The molecular weight excluding hydrogens is 220 g/mol. The number of nitrogens with zero attached hydrogens (tertiary/aromatic N) is 1. The monoisotopic (exact) mass is 234 g/mol. The Labute approximate surface area is 99.0 Å². The smallest absolute Gasteiger partial charge is 0.337 e. The van der Waals surface area contributed by atoms with Crippen molar-refractivity contribution in [3.63, 3.8) is 0 Å². The fourth-order valence-electron chi connectivity index (χ4n) is 2.01. The second-order valence-corrected chi connectivity index (χ2v) is 4.63. The lowest BCUT2D eigenvalue weighted by Gasteiger charge is -2.30. The average Bonchev–Trinajstić information content (AvgIpc) is 2.53. The Morgan fingerprint density at radius 1 is 1.41 bits per heavy atom. The molecule has 1 heterocycles. The van der Waals surface area contributed by atoms with Crippen molar-refractivity contribution < 1.29 is 14.7 Å². The normalized spacial score (nSPS) is 18.0. The standard InChI is InChI=1S/C12H14N2O3/c1-12(2)7-13-11(17)14(12)9-6-4-3-5-8(9)10(15)16/h3-6H,7H2,1-2H3,(H,13,17)(H,15,16). The summed E-state index contributed by atoms with van der Waals surface area (Å²) in [6, 6.07) is 6.26. The Kier molecular flexibility index (Phi) is 2.53. The molecule has 0 spiro atoms. The van der Waals surface area contributed by atoms with Gasteiger partial charge in [0.15, 0.2) is 0 Å². The molecule has 2 N–H and O–H groups in total. The van der Waals surface area contributed by atoms with Crippen molar-refractivity contribution in [1.82, 2.24) is 5.32 Å². The number of benzene rings is 1. The van der Waals surface area contributed by atoms with Gasteiger partial charge in [0.25, 0.3) is 0 Å². The maximum Gasteiger partial charge on any atom is 0.337 e. The molecule has 1 saturated heterocycles. The quantitative estimate of drug-likeness (QED) is 0.818. The predicted octanol–water partition coefficient (Wildman–Crippen LogP) is 1.69. The van der Waals surface area contributed by atoms with Crippen LogP contribution in [0.5, 0.6) is 0 Å². The van der Waals surface area contributed by atoms with Gasteiger partial charge in [0.2, 0.25) is 0 Å². The minimum absolute atomic E-state index is 0.137. The van der Waals surface area contributed by atoms with E-state index in [1.54, 1.807) is 18.2 Å². The molecule has 2 amide bonds. The van der Waals surface area contributed by atoms with Gasteiger partial charge in [-0.25, -0.2) is 9.59 Å². The first-order valence-electron chi connectivity index (χ1n) is 5.34. The molecule has 5 nitrogen and oxygen atoms in total. The van der Waals surface area contributed by atoms with Gasteiger partial charge in [0.05, 0.1) is 16.8 Å². The summed E-state index contributed by atoms with van der Waals surface area (Å²) in [5.74, 6) is -1.03. The minimum Gasteiger partial charge on any atom is -0.478 e. The molecular formula is C12H14N2O3. The summed E-state index contributed by atoms with van der Waals surface area (Å²) < 4.78 is 0. The molecule has 1 aliphatic heterocycles. The van der Waals surface area contributed by atoms with Crippen molar-refractivity contribution >= 4 is 17.7 Å². The highest BCUT2D eigenvalue weighted by Crippen LogP contribution is 2.30. The molecule has 1 fully saturated rings. The molecule has 0 atom stereocenters. The van der Waals surface area contributed by atoms with Gasteiger partial charge >= 0.3 is 12.0 Å². The van der Waals surface area contributed by atoms with Crippen LogP contribution in [0.3, 0.4) is 0 Å². The first-order valence-corrected chi connectivity index (χ1v) is 5.34. The van der Waals surface area contributed by atoms with E-state index in [1.807, 2.05) is 13.8 Å². The number of hydrogen-bond acceptors (Lipinski definition) is 2. The number of rotatable bonds is 2. The van der Waals surface area contributed by atoms with Crippen LogP contribution in [-0.2, 0) is 0 Å². The van der Waals surface area contributed by atoms with Crippen LogP contribution in [0.2, 0.25) is 0 Å². The lowest BCUT2D eigenvalue weighted by molar-refractivity contribution is 0.0697. The highest BCUT2D eigenvalue weighted by Gasteiger charge is 2.40. The van der Waals surface area contributed by atoms with Gasteiger partial charge in [0, 0.05) is 6.54 Å². The Bertz CT molecular complexity index is 482. The summed E-state index contributed by atoms with van der Waals surface area (Å²) in [5, 5.41) is 11.8. The number of amides is 2. The van der Waals surface area contributed by atoms with Gasteiger partial charge in [0.1, 0.15) is 0 Å². The second kappa shape index (κ2) is 3.76. The van der Waals surface area contributed by atoms with Crippen LogP contribution in [0.1, 0.15) is 24.2 Å². The van der Waals surface area contributed by atoms with Gasteiger partial charge in [-0.1, -0.05) is 12.1 Å². The number of para-hydroxylation sites is 1. The molecule has 2 rings (SSSR count). The van der Waals surface area contributed by atoms with Crippen LogP contribution < -0.4 is 10.2 Å². The zero-order valence-corrected chi connectivity index (χ0v) is 9.73. The molecule has 0 saturated carbocycles. The third-order valence-electron chi connectivity index (χ3n) is 2.86. The summed E-state index contributed by atoms with van der Waals surface area (Å²) in [7, 11) is 0. The molecule has 0 unspecified atom stereocenters. The number of carbonyl (C=O) groups is 2. The Morgan fingerprint density at radius 3 is 2.59 bits per heavy atom. The van der Waals surface area contributed by atoms with Crippen LogP contribution in [0, 0.1) is 0 Å². The molecule has 17 heavy (non-hydrogen) atoms. The fourth-order valence-corrected chi connectivity index (χ4v) is 2.01. The summed E-state index contributed by atoms with van der Waals surface area (Å²) in [5.41, 5.74) is 0.139. The van der Waals surface area contributed by atoms with Crippen molar-refractivity contribution in [3.05, 3.63) is 29.8 Å². The molecule has 0 aromatic heterocycles. The minimum atomic E-state index is -1.03. The number of hydrogen-bond donors (Lipinski definition) is 2. The van der Waals surface area contributed by atoms with Gasteiger partial charge < -0.3 is 10.4 Å². The van der Waals surface area contributed by atoms with Crippen LogP contribution in [0.25, 0.3) is 0 Å². The van der Waals surface area contributed by atoms with Gasteiger partial charge in [-0.2, -0.15) is 0 Å². The summed E-state index contributed by atoms with van der Waals surface area (Å²) in [6.45, 7) is 4.28. The van der Waals surface area contributed by atoms with E-state index in [0.717, 1.165) is 0 Å². The lowest BCUT2D eigenvalue weighted by atomic mass is 10.0. The van der Waals surface area contributed by atoms with Crippen LogP contribution >= 0.6 is 0 Å². The highest BCUT2D eigenvalue weighted by molar-refractivity contribution is 6.03. The molecule has 0 bridgehead atoms. The first kappa shape index (κ1) is 11.4. The third-order valence-corrected chi connectivity index (χ3v) is 2.86. The summed E-state index contributed by atoms with van der Waals surface area (Å²) in [6.07, 6.45) is 0. The van der Waals surface area contributed by atoms with Crippen LogP contribution in [-0.4, -0.2) is 29.2 Å². The molecule has 0 aliphatic carbocycles. The zero-order chi connectivity index (χ0) is 12.6. The predicted molar refractivity (Wildman–Crippen MR) is 63.4 cm³/mol. The Hall–Kier alpha value is -2.04. The topological polar surface area (TPSA) is 69.6 Å². The molecule has 90 valence electrons. The van der Waals surface area contributed by atoms with E-state index in [1.165, 1.54) is 11.0 Å². The van der Waals surface area contributed by atoms with Crippen molar-refractivity contribution in [3.8, 4) is 0 Å². The van der Waals surface area contributed by atoms with E-state index >= 15 is 0 Å². The van der Waals surface area contributed by atoms with Crippen molar-refractivity contribution in [2.75, 3.05) is 11.4 Å². The number of carbonyl (C=O) groups excluding carboxylic acids is 1. The maximum atomic E-state index is 11.8. The van der Waals surface area contributed by atoms with Gasteiger partial charge in [-0.05, 0) is 26.0 Å². The van der Waals surface area contributed by atoms with E-state index in [4.69, 9.17) is 5.11 Å². The SMILES string of the molecule is CC1(C)CNC(=O)N1c1ccccc1C(=O)O. The van der Waals surface area contributed by atoms with Crippen molar-refractivity contribution in [2.24, 2.45) is 0 Å². The zero-order valence-electron chi connectivity index (χ0n) is 9.73. The molecule has 5 heteroatoms. The van der Waals surface area contributed by atoms with Crippen LogP contribution in [0.15, 0.2) is 24.3 Å². The number of nitrogens with one attached hydrogen (secondary N) is 1. The van der Waals surface area contributed by atoms with E-state index in [0.29, 0.717) is 12.2 Å². The number of aromatic carboxylic acids is 1. The van der Waals surface area contributed by atoms with Crippen LogP contribution in [0.4, 0.5) is 10.5 Å². The number of urea groups is 1. The van der Waals surface area contributed by atoms with E-state index in [-0.39, 0.29) is 11.6 Å². The number of carboxylic acid groups (broad SMARTS) is 1. The largest absolute Gasteiger partial charge is 0.478 e. The summed E-state index contributed by atoms with van der Waals surface area (Å²) >= 11 is 0. The average molecular weight is 234 g/mol. The van der Waals surface area contributed by atoms with Gasteiger partial charge in [-0.15, -0.1) is 0 Å². The number of anilines is 1. The summed E-state index contributed by atoms with van der Waals surface area (Å²) in [4.78, 5) is 24.4. The van der Waals surface area contributed by atoms with Crippen molar-refractivity contribution in [1.29, 1.82) is 0 Å². The lowest BCUT2D eigenvalue weighted by Crippen LogP contribution is -2.42. The first-order chi connectivity index (χ1) is 7.93. The fraction of sp³-hybridized carbons (Fsp3) is 0.333. The Morgan fingerprint density at radius 2 is 2.06 bits per heavy atom. The number of carboxylic acids is 1. The molecule has 1 aliphatic rings. The van der Waals surface area contributed by atoms with E-state index in [9.17, 15) is 9.59 Å². The second-order valence-electron chi connectivity index (χ2n) is 4.63. The third kappa shape index (κ3) is 1.84. The van der Waals surface area contributed by atoms with Crippen molar-refractivity contribution in [2.45, 2.75) is 19.4 Å². The van der Waals surface area contributed by atoms with E-state index in [2.05, 4.69) is 5.32 Å². The van der Waals surface area contributed by atoms with E-state index < -0.39 is 11.5 Å². The molecule has 1 aromatic carbocycles. The molecule has 0 radical (unpaired) electrons. The molecule has 1 aromatic rings. The van der Waals surface area contributed by atoms with Gasteiger partial charge in [-0.3, -0.25) is 4.90 Å².